The van der Waals surface area contributed by atoms with Crippen molar-refractivity contribution < 1.29 is 9.50 Å². The van der Waals surface area contributed by atoms with Crippen LogP contribution in [0.25, 0.3) is 0 Å². The molecular weight excluding hydrogens is 241 g/mol. The number of hydrogen-bond donors (Lipinski definition) is 2. The molecule has 19 heavy (non-hydrogen) atoms. The van der Waals surface area contributed by atoms with Gasteiger partial charge in [0.05, 0.1) is 5.60 Å². The second-order valence-corrected chi connectivity index (χ2v) is 6.23. The lowest BCUT2D eigenvalue weighted by molar-refractivity contribution is 0.0405. The third kappa shape index (κ3) is 2.98. The van der Waals surface area contributed by atoms with Crippen molar-refractivity contribution in [3.05, 3.63) is 35.6 Å². The van der Waals surface area contributed by atoms with E-state index in [4.69, 9.17) is 0 Å². The monoisotopic (exact) mass is 263 g/mol. The van der Waals surface area contributed by atoms with Gasteiger partial charge in [-0.2, -0.15) is 0 Å². The molecule has 3 rings (SSSR count). The van der Waals surface area contributed by atoms with Crippen molar-refractivity contribution in [1.29, 1.82) is 0 Å². The molecule has 0 saturated heterocycles. The number of nitrogens with one attached hydrogen (secondary N) is 1. The molecular formula is C16H22FNO. The molecule has 2 aliphatic rings. The van der Waals surface area contributed by atoms with Crippen LogP contribution in [0, 0.1) is 5.82 Å². The Balaban J connectivity index is 1.45. The van der Waals surface area contributed by atoms with Crippen LogP contribution in [0.1, 0.15) is 50.0 Å². The fourth-order valence-corrected chi connectivity index (χ4v) is 3.36. The van der Waals surface area contributed by atoms with E-state index in [-0.39, 0.29) is 5.82 Å². The van der Waals surface area contributed by atoms with Crippen LogP contribution in [-0.4, -0.2) is 23.3 Å². The fraction of sp³-hybridized carbons (Fsp3) is 0.625. The molecule has 3 heteroatoms. The Labute approximate surface area is 114 Å². The predicted octanol–water partition coefficient (Wildman–Crippen LogP) is 2.97. The van der Waals surface area contributed by atoms with Gasteiger partial charge < -0.3 is 10.4 Å². The van der Waals surface area contributed by atoms with E-state index in [1.54, 1.807) is 12.1 Å². The van der Waals surface area contributed by atoms with Crippen LogP contribution in [0.3, 0.4) is 0 Å². The van der Waals surface area contributed by atoms with E-state index in [0.29, 0.717) is 18.5 Å². The average molecular weight is 263 g/mol. The van der Waals surface area contributed by atoms with Gasteiger partial charge in [-0.05, 0) is 49.3 Å². The highest BCUT2D eigenvalue weighted by molar-refractivity contribution is 5.23. The molecule has 0 bridgehead atoms. The van der Waals surface area contributed by atoms with Gasteiger partial charge >= 0.3 is 0 Å². The number of benzene rings is 1. The summed E-state index contributed by atoms with van der Waals surface area (Å²) >= 11 is 0. The Kier molecular flexibility index (Phi) is 3.59. The maximum absolute atomic E-state index is 13.1. The maximum atomic E-state index is 13.1. The Morgan fingerprint density at radius 3 is 2.68 bits per heavy atom. The minimum atomic E-state index is -0.468. The molecule has 0 radical (unpaired) electrons. The quantitative estimate of drug-likeness (QED) is 0.875. The summed E-state index contributed by atoms with van der Waals surface area (Å²) in [6.45, 7) is 0.716. The van der Waals surface area contributed by atoms with E-state index < -0.39 is 5.60 Å². The minimum Gasteiger partial charge on any atom is -0.389 e. The zero-order chi connectivity index (χ0) is 13.3. The summed E-state index contributed by atoms with van der Waals surface area (Å²) in [4.78, 5) is 0. The molecule has 0 spiro atoms. The lowest BCUT2D eigenvalue weighted by Crippen LogP contribution is -2.47. The highest BCUT2D eigenvalue weighted by atomic mass is 19.1. The van der Waals surface area contributed by atoms with Gasteiger partial charge in [-0.1, -0.05) is 25.0 Å². The normalized spacial score (nSPS) is 29.2. The van der Waals surface area contributed by atoms with E-state index in [0.717, 1.165) is 44.1 Å². The second-order valence-electron chi connectivity index (χ2n) is 6.23. The van der Waals surface area contributed by atoms with Crippen molar-refractivity contribution in [2.24, 2.45) is 0 Å². The van der Waals surface area contributed by atoms with Gasteiger partial charge in [0.25, 0.3) is 0 Å². The summed E-state index contributed by atoms with van der Waals surface area (Å²) in [5.41, 5.74) is 0.641. The first-order valence-corrected chi connectivity index (χ1v) is 7.36. The SMILES string of the molecule is OC1(CNC2CC(c3cccc(F)c3)C2)CCCC1. The summed E-state index contributed by atoms with van der Waals surface area (Å²) in [6.07, 6.45) is 6.27. The lowest BCUT2D eigenvalue weighted by Gasteiger charge is -2.38. The van der Waals surface area contributed by atoms with Gasteiger partial charge in [0.2, 0.25) is 0 Å². The fourth-order valence-electron chi connectivity index (χ4n) is 3.36. The Hall–Kier alpha value is -0.930. The van der Waals surface area contributed by atoms with Crippen molar-refractivity contribution in [3.63, 3.8) is 0 Å². The molecule has 2 N–H and O–H groups in total. The van der Waals surface area contributed by atoms with Crippen LogP contribution >= 0.6 is 0 Å². The number of rotatable bonds is 4. The van der Waals surface area contributed by atoms with E-state index in [1.807, 2.05) is 6.07 Å². The van der Waals surface area contributed by atoms with Crippen LogP contribution in [-0.2, 0) is 0 Å². The minimum absolute atomic E-state index is 0.144. The smallest absolute Gasteiger partial charge is 0.123 e. The molecule has 104 valence electrons. The lowest BCUT2D eigenvalue weighted by atomic mass is 9.75. The van der Waals surface area contributed by atoms with Crippen molar-refractivity contribution in [3.8, 4) is 0 Å². The van der Waals surface area contributed by atoms with Crippen LogP contribution < -0.4 is 5.32 Å². The molecule has 0 amide bonds. The molecule has 2 fully saturated rings. The molecule has 0 aliphatic heterocycles. The molecule has 0 unspecified atom stereocenters. The topological polar surface area (TPSA) is 32.3 Å². The average Bonchev–Trinajstić information content (AvgIpc) is 2.74. The van der Waals surface area contributed by atoms with Gasteiger partial charge in [0.1, 0.15) is 5.82 Å². The van der Waals surface area contributed by atoms with Gasteiger partial charge in [0.15, 0.2) is 0 Å². The summed E-state index contributed by atoms with van der Waals surface area (Å²) in [6, 6.07) is 7.41. The Bertz CT molecular complexity index is 436. The summed E-state index contributed by atoms with van der Waals surface area (Å²) in [5, 5.41) is 13.7. The highest BCUT2D eigenvalue weighted by Crippen LogP contribution is 2.37. The second kappa shape index (κ2) is 5.22. The molecule has 0 atom stereocenters. The van der Waals surface area contributed by atoms with E-state index in [9.17, 15) is 9.50 Å². The van der Waals surface area contributed by atoms with Crippen LogP contribution in [0.2, 0.25) is 0 Å². The van der Waals surface area contributed by atoms with Gasteiger partial charge in [-0.3, -0.25) is 0 Å². The third-order valence-electron chi connectivity index (χ3n) is 4.71. The first-order chi connectivity index (χ1) is 9.15. The van der Waals surface area contributed by atoms with Gasteiger partial charge in [0, 0.05) is 12.6 Å². The first kappa shape index (κ1) is 13.1. The van der Waals surface area contributed by atoms with Crippen LogP contribution in [0.5, 0.6) is 0 Å². The van der Waals surface area contributed by atoms with Crippen LogP contribution in [0.15, 0.2) is 24.3 Å². The Morgan fingerprint density at radius 2 is 2.00 bits per heavy atom. The maximum Gasteiger partial charge on any atom is 0.123 e. The van der Waals surface area contributed by atoms with Crippen molar-refractivity contribution >= 4 is 0 Å². The number of aliphatic hydroxyl groups is 1. The third-order valence-corrected chi connectivity index (χ3v) is 4.71. The molecule has 2 nitrogen and oxygen atoms in total. The van der Waals surface area contributed by atoms with Gasteiger partial charge in [-0.15, -0.1) is 0 Å². The zero-order valence-electron chi connectivity index (χ0n) is 11.2. The van der Waals surface area contributed by atoms with E-state index >= 15 is 0 Å². The van der Waals surface area contributed by atoms with Crippen molar-refractivity contribution in [1.82, 2.24) is 5.32 Å². The zero-order valence-corrected chi connectivity index (χ0v) is 11.2. The van der Waals surface area contributed by atoms with Gasteiger partial charge in [-0.25, -0.2) is 4.39 Å². The van der Waals surface area contributed by atoms with E-state index in [2.05, 4.69) is 5.32 Å². The van der Waals surface area contributed by atoms with Crippen molar-refractivity contribution in [2.45, 2.75) is 56.1 Å². The standard InChI is InChI=1S/C16H22FNO/c17-14-5-3-4-12(8-14)13-9-15(10-13)18-11-16(19)6-1-2-7-16/h3-5,8,13,15,18-19H,1-2,6-7,9-11H2. The van der Waals surface area contributed by atoms with Crippen molar-refractivity contribution in [2.75, 3.05) is 6.54 Å². The molecule has 1 aromatic carbocycles. The first-order valence-electron chi connectivity index (χ1n) is 7.36. The summed E-state index contributed by atoms with van der Waals surface area (Å²) in [7, 11) is 0. The molecule has 0 heterocycles. The molecule has 2 aliphatic carbocycles. The van der Waals surface area contributed by atoms with E-state index in [1.165, 1.54) is 6.07 Å². The molecule has 0 aromatic heterocycles. The Morgan fingerprint density at radius 1 is 1.26 bits per heavy atom. The highest BCUT2D eigenvalue weighted by Gasteiger charge is 2.35. The molecule has 1 aromatic rings. The number of halogens is 1. The number of hydrogen-bond acceptors (Lipinski definition) is 2. The summed E-state index contributed by atoms with van der Waals surface area (Å²) in [5.74, 6) is 0.334. The largest absolute Gasteiger partial charge is 0.389 e. The molecule has 2 saturated carbocycles. The summed E-state index contributed by atoms with van der Waals surface area (Å²) < 4.78 is 13.1. The van der Waals surface area contributed by atoms with Crippen LogP contribution in [0.4, 0.5) is 4.39 Å². The predicted molar refractivity (Wildman–Crippen MR) is 73.6 cm³/mol.